The van der Waals surface area contributed by atoms with Crippen molar-refractivity contribution in [1.82, 2.24) is 10.2 Å². The first kappa shape index (κ1) is 21.2. The lowest BCUT2D eigenvalue weighted by Crippen LogP contribution is -2.47. The first-order chi connectivity index (χ1) is 13.0. The number of carbonyl (C=O) groups is 1. The van der Waals surface area contributed by atoms with Gasteiger partial charge >= 0.3 is 0 Å². The molecule has 0 bridgehead atoms. The molecule has 146 valence electrons. The second-order valence-corrected chi connectivity index (χ2v) is 7.79. The summed E-state index contributed by atoms with van der Waals surface area (Å²) in [6.07, 6.45) is 0.771. The predicted octanol–water partition coefficient (Wildman–Crippen LogP) is 2.09. The number of hydrogen-bond donors (Lipinski definition) is 3. The van der Waals surface area contributed by atoms with Crippen LogP contribution < -0.4 is 14.9 Å². The lowest BCUT2D eigenvalue weighted by atomic mass is 10.1. The van der Waals surface area contributed by atoms with Crippen LogP contribution in [0.2, 0.25) is 0 Å². The van der Waals surface area contributed by atoms with E-state index < -0.39 is 22.0 Å². The van der Waals surface area contributed by atoms with Crippen LogP contribution in [0.25, 0.3) is 0 Å². The van der Waals surface area contributed by atoms with E-state index in [0.717, 1.165) is 5.56 Å². The van der Waals surface area contributed by atoms with Gasteiger partial charge in [0.1, 0.15) is 11.8 Å². The number of benzene rings is 2. The Morgan fingerprint density at radius 2 is 1.78 bits per heavy atom. The van der Waals surface area contributed by atoms with Gasteiger partial charge in [-0.3, -0.25) is 10.0 Å². The lowest BCUT2D eigenvalue weighted by Gasteiger charge is -2.17. The van der Waals surface area contributed by atoms with Crippen molar-refractivity contribution in [1.29, 1.82) is 0 Å². The molecular weight excluding hydrogens is 392 g/mol. The Kier molecular flexibility index (Phi) is 8.05. The topological polar surface area (TPSA) is 105 Å². The second kappa shape index (κ2) is 10.3. The normalized spacial score (nSPS) is 12.4. The number of sulfonamides is 1. The summed E-state index contributed by atoms with van der Waals surface area (Å²) >= 11 is 5.58. The molecule has 0 saturated carbocycles. The average molecular weight is 413 g/mol. The van der Waals surface area contributed by atoms with Gasteiger partial charge in [0.25, 0.3) is 5.91 Å². The van der Waals surface area contributed by atoms with Crippen molar-refractivity contribution in [3.8, 4) is 5.75 Å². The van der Waals surface area contributed by atoms with Gasteiger partial charge in [0, 0.05) is 5.88 Å². The van der Waals surface area contributed by atoms with Crippen LogP contribution >= 0.6 is 11.6 Å². The van der Waals surface area contributed by atoms with Gasteiger partial charge in [-0.2, -0.15) is 4.72 Å². The molecule has 1 amide bonds. The summed E-state index contributed by atoms with van der Waals surface area (Å²) in [4.78, 5) is 11.9. The number of ether oxygens (including phenoxy) is 1. The van der Waals surface area contributed by atoms with Gasteiger partial charge in [-0.05, 0) is 42.7 Å². The minimum atomic E-state index is -3.98. The van der Waals surface area contributed by atoms with Crippen LogP contribution in [0.1, 0.15) is 12.0 Å². The molecule has 2 aromatic carbocycles. The monoisotopic (exact) mass is 412 g/mol. The molecule has 7 nitrogen and oxygen atoms in total. The lowest BCUT2D eigenvalue weighted by molar-refractivity contribution is -0.130. The quantitative estimate of drug-likeness (QED) is 0.240. The first-order valence-corrected chi connectivity index (χ1v) is 10.3. The SMILES string of the molecule is O=C(NO)[C@@H](Cc1ccccc1)NS(=O)(=O)c1ccc(OCCCCl)cc1. The minimum Gasteiger partial charge on any atom is -0.494 e. The molecule has 0 heterocycles. The smallest absolute Gasteiger partial charge is 0.261 e. The third kappa shape index (κ3) is 6.51. The number of carbonyl (C=O) groups excluding carboxylic acids is 1. The zero-order valence-electron chi connectivity index (χ0n) is 14.5. The molecule has 0 radical (unpaired) electrons. The fourth-order valence-corrected chi connectivity index (χ4v) is 3.64. The first-order valence-electron chi connectivity index (χ1n) is 8.25. The third-order valence-electron chi connectivity index (χ3n) is 3.69. The number of halogens is 1. The number of alkyl halides is 1. The van der Waals surface area contributed by atoms with Crippen LogP contribution in [0.4, 0.5) is 0 Å². The molecule has 0 aliphatic rings. The number of rotatable bonds is 10. The fraction of sp³-hybridized carbons (Fsp3) is 0.278. The maximum atomic E-state index is 12.6. The average Bonchev–Trinajstić information content (AvgIpc) is 2.68. The maximum Gasteiger partial charge on any atom is 0.261 e. The molecule has 0 aliphatic heterocycles. The van der Waals surface area contributed by atoms with Crippen molar-refractivity contribution in [2.75, 3.05) is 12.5 Å². The Morgan fingerprint density at radius 1 is 1.11 bits per heavy atom. The van der Waals surface area contributed by atoms with E-state index in [2.05, 4.69) is 4.72 Å². The highest BCUT2D eigenvalue weighted by molar-refractivity contribution is 7.89. The summed E-state index contributed by atoms with van der Waals surface area (Å²) in [7, 11) is -3.98. The van der Waals surface area contributed by atoms with Gasteiger partial charge in [-0.15, -0.1) is 11.6 Å². The van der Waals surface area contributed by atoms with E-state index in [-0.39, 0.29) is 11.3 Å². The van der Waals surface area contributed by atoms with Crippen LogP contribution in [-0.4, -0.2) is 38.1 Å². The largest absolute Gasteiger partial charge is 0.494 e. The molecule has 0 aromatic heterocycles. The number of hydroxylamine groups is 1. The minimum absolute atomic E-state index is 0.0176. The molecule has 0 unspecified atom stereocenters. The zero-order chi connectivity index (χ0) is 19.7. The van der Waals surface area contributed by atoms with E-state index in [4.69, 9.17) is 21.5 Å². The molecule has 1 atom stereocenters. The van der Waals surface area contributed by atoms with Crippen molar-refractivity contribution in [3.05, 3.63) is 60.2 Å². The highest BCUT2D eigenvalue weighted by Crippen LogP contribution is 2.17. The van der Waals surface area contributed by atoms with Crippen LogP contribution in [0, 0.1) is 0 Å². The number of amides is 1. The van der Waals surface area contributed by atoms with Gasteiger partial charge in [-0.1, -0.05) is 30.3 Å². The standard InChI is InChI=1S/C18H21ClN2O5S/c19-11-4-12-26-15-7-9-16(10-8-15)27(24,25)21-17(18(22)20-23)13-14-5-2-1-3-6-14/h1-3,5-10,17,21,23H,4,11-13H2,(H,20,22)/t17-/m1/s1. The van der Waals surface area contributed by atoms with Crippen molar-refractivity contribution < 1.29 is 23.2 Å². The Balaban J connectivity index is 2.11. The van der Waals surface area contributed by atoms with Crippen LogP contribution in [0.15, 0.2) is 59.5 Å². The summed E-state index contributed by atoms with van der Waals surface area (Å²) in [6.45, 7) is 0.434. The van der Waals surface area contributed by atoms with Gasteiger partial charge in [0.05, 0.1) is 11.5 Å². The number of nitrogens with one attached hydrogen (secondary N) is 2. The predicted molar refractivity (Wildman–Crippen MR) is 101 cm³/mol. The maximum absolute atomic E-state index is 12.6. The Morgan fingerprint density at radius 3 is 2.37 bits per heavy atom. The molecule has 3 N–H and O–H groups in total. The van der Waals surface area contributed by atoms with E-state index in [9.17, 15) is 13.2 Å². The van der Waals surface area contributed by atoms with E-state index in [1.807, 2.05) is 6.07 Å². The van der Waals surface area contributed by atoms with Crippen molar-refractivity contribution in [3.63, 3.8) is 0 Å². The van der Waals surface area contributed by atoms with Crippen LogP contribution in [0.3, 0.4) is 0 Å². The Labute approximate surface area is 163 Å². The summed E-state index contributed by atoms with van der Waals surface area (Å²) < 4.78 is 32.9. The molecule has 2 rings (SSSR count). The second-order valence-electron chi connectivity index (χ2n) is 5.70. The summed E-state index contributed by atoms with van der Waals surface area (Å²) in [6, 6.07) is 13.6. The highest BCUT2D eigenvalue weighted by Gasteiger charge is 2.26. The van der Waals surface area contributed by atoms with Crippen LogP contribution in [-0.2, 0) is 21.2 Å². The van der Waals surface area contributed by atoms with E-state index >= 15 is 0 Å². The van der Waals surface area contributed by atoms with Crippen molar-refractivity contribution in [2.45, 2.75) is 23.8 Å². The molecule has 0 spiro atoms. The van der Waals surface area contributed by atoms with Crippen molar-refractivity contribution in [2.24, 2.45) is 0 Å². The summed E-state index contributed by atoms with van der Waals surface area (Å²) in [5.74, 6) is 0.156. The Hall–Kier alpha value is -2.13. The van der Waals surface area contributed by atoms with E-state index in [1.165, 1.54) is 29.7 Å². The van der Waals surface area contributed by atoms with Gasteiger partial charge in [0.15, 0.2) is 0 Å². The van der Waals surface area contributed by atoms with Gasteiger partial charge in [0.2, 0.25) is 10.0 Å². The molecular formula is C18H21ClN2O5S. The fourth-order valence-electron chi connectivity index (χ4n) is 2.33. The van der Waals surface area contributed by atoms with Gasteiger partial charge in [-0.25, -0.2) is 13.9 Å². The molecule has 0 saturated heterocycles. The zero-order valence-corrected chi connectivity index (χ0v) is 16.0. The molecule has 27 heavy (non-hydrogen) atoms. The number of hydrogen-bond acceptors (Lipinski definition) is 5. The van der Waals surface area contributed by atoms with Gasteiger partial charge < -0.3 is 4.74 Å². The molecule has 0 fully saturated rings. The molecule has 2 aromatic rings. The Bertz CT molecular complexity index is 829. The van der Waals surface area contributed by atoms with E-state index in [1.54, 1.807) is 24.3 Å². The van der Waals surface area contributed by atoms with Crippen LogP contribution in [0.5, 0.6) is 5.75 Å². The molecule has 0 aliphatic carbocycles. The van der Waals surface area contributed by atoms with Crippen molar-refractivity contribution >= 4 is 27.5 Å². The summed E-state index contributed by atoms with van der Waals surface area (Å²) in [5.41, 5.74) is 2.25. The highest BCUT2D eigenvalue weighted by atomic mass is 35.5. The van der Waals surface area contributed by atoms with E-state index in [0.29, 0.717) is 24.7 Å². The third-order valence-corrected chi connectivity index (χ3v) is 5.44. The molecule has 9 heteroatoms. The summed E-state index contributed by atoms with van der Waals surface area (Å²) in [5, 5.41) is 8.93.